The van der Waals surface area contributed by atoms with Gasteiger partial charge in [0.2, 0.25) is 0 Å². The van der Waals surface area contributed by atoms with E-state index in [4.69, 9.17) is 0 Å². The van der Waals surface area contributed by atoms with E-state index < -0.39 is 5.82 Å². The molecule has 0 aliphatic carbocycles. The molecule has 102 valence electrons. The molecule has 1 heterocycles. The second-order valence-electron chi connectivity index (χ2n) is 4.30. The zero-order chi connectivity index (χ0) is 13.7. The molecule has 0 aliphatic rings. The van der Waals surface area contributed by atoms with E-state index in [1.807, 2.05) is 12.3 Å². The van der Waals surface area contributed by atoms with Crippen LogP contribution in [-0.2, 0) is 6.42 Å². The highest BCUT2D eigenvalue weighted by atomic mass is 32.1. The molecule has 1 N–H and O–H groups in total. The summed E-state index contributed by atoms with van der Waals surface area (Å²) in [7, 11) is 0. The van der Waals surface area contributed by atoms with Crippen LogP contribution >= 0.6 is 11.3 Å². The number of nitrogens with zero attached hydrogens (tertiary/aromatic N) is 1. The molecule has 0 fully saturated rings. The van der Waals surface area contributed by atoms with Crippen molar-refractivity contribution in [2.45, 2.75) is 25.8 Å². The molecule has 0 amide bonds. The van der Waals surface area contributed by atoms with Crippen molar-refractivity contribution < 1.29 is 8.78 Å². The first kappa shape index (κ1) is 14.1. The van der Waals surface area contributed by atoms with E-state index in [0.717, 1.165) is 24.0 Å². The standard InChI is InChI=1S/C14H16F2N2S/c1-2-5-17-13(9-14-18-6-7-19-14)11-8-10(15)3-4-12(11)16/h3-4,6-8,13,17H,2,5,9H2,1H3. The van der Waals surface area contributed by atoms with E-state index in [-0.39, 0.29) is 11.9 Å². The lowest BCUT2D eigenvalue weighted by atomic mass is 10.0. The second kappa shape index (κ2) is 6.73. The van der Waals surface area contributed by atoms with Crippen LogP contribution in [0.25, 0.3) is 0 Å². The Bertz CT molecular complexity index is 514. The molecule has 0 spiro atoms. The Kier molecular flexibility index (Phi) is 4.99. The maximum Gasteiger partial charge on any atom is 0.128 e. The van der Waals surface area contributed by atoms with Gasteiger partial charge in [-0.15, -0.1) is 11.3 Å². The molecule has 1 atom stereocenters. The van der Waals surface area contributed by atoms with E-state index in [1.165, 1.54) is 23.5 Å². The molecule has 0 radical (unpaired) electrons. The van der Waals surface area contributed by atoms with Gasteiger partial charge in [0.1, 0.15) is 11.6 Å². The molecule has 0 saturated carbocycles. The minimum atomic E-state index is -0.418. The van der Waals surface area contributed by atoms with E-state index in [1.54, 1.807) is 6.20 Å². The highest BCUT2D eigenvalue weighted by Crippen LogP contribution is 2.23. The zero-order valence-corrected chi connectivity index (χ0v) is 11.5. The van der Waals surface area contributed by atoms with Crippen LogP contribution < -0.4 is 5.32 Å². The number of hydrogen-bond donors (Lipinski definition) is 1. The lowest BCUT2D eigenvalue weighted by Gasteiger charge is -2.18. The predicted octanol–water partition coefficient (Wildman–Crippen LogP) is 3.70. The van der Waals surface area contributed by atoms with Gasteiger partial charge in [-0.2, -0.15) is 0 Å². The molecule has 5 heteroatoms. The molecule has 2 nitrogen and oxygen atoms in total. The van der Waals surface area contributed by atoms with Crippen molar-refractivity contribution in [3.63, 3.8) is 0 Å². The average molecular weight is 282 g/mol. The summed E-state index contributed by atoms with van der Waals surface area (Å²) in [6.45, 7) is 2.79. The van der Waals surface area contributed by atoms with Crippen molar-refractivity contribution in [3.8, 4) is 0 Å². The van der Waals surface area contributed by atoms with Gasteiger partial charge >= 0.3 is 0 Å². The SMILES string of the molecule is CCCNC(Cc1nccs1)c1cc(F)ccc1F. The van der Waals surface area contributed by atoms with Crippen molar-refractivity contribution in [3.05, 3.63) is 52.0 Å². The van der Waals surface area contributed by atoms with Gasteiger partial charge in [-0.1, -0.05) is 6.92 Å². The number of hydrogen-bond acceptors (Lipinski definition) is 3. The summed E-state index contributed by atoms with van der Waals surface area (Å²) in [6, 6.07) is 3.32. The number of rotatable bonds is 6. The third-order valence-electron chi connectivity index (χ3n) is 2.84. The van der Waals surface area contributed by atoms with E-state index in [2.05, 4.69) is 10.3 Å². The van der Waals surface area contributed by atoms with Crippen LogP contribution in [0, 0.1) is 11.6 Å². The molecule has 2 rings (SSSR count). The van der Waals surface area contributed by atoms with E-state index >= 15 is 0 Å². The summed E-state index contributed by atoms with van der Waals surface area (Å²) in [5.74, 6) is -0.801. The first-order chi connectivity index (χ1) is 9.20. The van der Waals surface area contributed by atoms with Crippen molar-refractivity contribution in [1.82, 2.24) is 10.3 Å². The van der Waals surface area contributed by atoms with Crippen LogP contribution in [-0.4, -0.2) is 11.5 Å². The topological polar surface area (TPSA) is 24.9 Å². The first-order valence-electron chi connectivity index (χ1n) is 6.27. The van der Waals surface area contributed by atoms with Gasteiger partial charge in [-0.25, -0.2) is 13.8 Å². The Labute approximate surface area is 115 Å². The Morgan fingerprint density at radius 1 is 1.37 bits per heavy atom. The van der Waals surface area contributed by atoms with Gasteiger partial charge in [0.15, 0.2) is 0 Å². The van der Waals surface area contributed by atoms with Gasteiger partial charge in [-0.3, -0.25) is 0 Å². The van der Waals surface area contributed by atoms with Crippen LogP contribution in [0.3, 0.4) is 0 Å². The molecule has 0 aliphatic heterocycles. The van der Waals surface area contributed by atoms with E-state index in [9.17, 15) is 8.78 Å². The van der Waals surface area contributed by atoms with Crippen molar-refractivity contribution >= 4 is 11.3 Å². The number of nitrogens with one attached hydrogen (secondary N) is 1. The lowest BCUT2D eigenvalue weighted by Crippen LogP contribution is -2.25. The van der Waals surface area contributed by atoms with Crippen LogP contribution in [0.2, 0.25) is 0 Å². The fourth-order valence-corrected chi connectivity index (χ4v) is 2.58. The molecular formula is C14H16F2N2S. The Morgan fingerprint density at radius 2 is 2.21 bits per heavy atom. The quantitative estimate of drug-likeness (QED) is 0.873. The van der Waals surface area contributed by atoms with Crippen LogP contribution in [0.1, 0.15) is 30.0 Å². The molecule has 19 heavy (non-hydrogen) atoms. The smallest absolute Gasteiger partial charge is 0.128 e. The van der Waals surface area contributed by atoms with Crippen LogP contribution in [0.5, 0.6) is 0 Å². The summed E-state index contributed by atoms with van der Waals surface area (Å²) in [5.41, 5.74) is 0.364. The monoisotopic (exact) mass is 282 g/mol. The molecule has 1 aromatic heterocycles. The number of benzene rings is 1. The van der Waals surface area contributed by atoms with E-state index in [0.29, 0.717) is 12.0 Å². The summed E-state index contributed by atoms with van der Waals surface area (Å²) in [6.07, 6.45) is 3.22. The number of thiazole rings is 1. The fraction of sp³-hybridized carbons (Fsp3) is 0.357. The molecule has 1 unspecified atom stereocenters. The lowest BCUT2D eigenvalue weighted by molar-refractivity contribution is 0.490. The highest BCUT2D eigenvalue weighted by molar-refractivity contribution is 7.09. The Morgan fingerprint density at radius 3 is 2.89 bits per heavy atom. The summed E-state index contributed by atoms with van der Waals surface area (Å²) < 4.78 is 27.2. The van der Waals surface area contributed by atoms with Gasteiger partial charge in [0, 0.05) is 29.6 Å². The number of aromatic nitrogens is 1. The van der Waals surface area contributed by atoms with Crippen LogP contribution in [0.4, 0.5) is 8.78 Å². The second-order valence-corrected chi connectivity index (χ2v) is 5.28. The fourth-order valence-electron chi connectivity index (χ4n) is 1.92. The maximum absolute atomic E-state index is 13.9. The molecule has 0 saturated heterocycles. The Balaban J connectivity index is 2.23. The normalized spacial score (nSPS) is 12.6. The zero-order valence-electron chi connectivity index (χ0n) is 10.7. The highest BCUT2D eigenvalue weighted by Gasteiger charge is 2.17. The summed E-state index contributed by atoms with van der Waals surface area (Å²) >= 11 is 1.52. The largest absolute Gasteiger partial charge is 0.309 e. The molecular weight excluding hydrogens is 266 g/mol. The van der Waals surface area contributed by atoms with Crippen molar-refractivity contribution in [2.75, 3.05) is 6.54 Å². The molecule has 1 aromatic carbocycles. The van der Waals surface area contributed by atoms with Crippen molar-refractivity contribution in [1.29, 1.82) is 0 Å². The predicted molar refractivity (Wildman–Crippen MR) is 73.2 cm³/mol. The first-order valence-corrected chi connectivity index (χ1v) is 7.15. The molecule has 0 bridgehead atoms. The minimum absolute atomic E-state index is 0.248. The number of halogens is 2. The molecule has 2 aromatic rings. The van der Waals surface area contributed by atoms with Gasteiger partial charge in [0.05, 0.1) is 5.01 Å². The van der Waals surface area contributed by atoms with Crippen molar-refractivity contribution in [2.24, 2.45) is 0 Å². The Hall–Kier alpha value is -1.33. The van der Waals surface area contributed by atoms with Crippen LogP contribution in [0.15, 0.2) is 29.8 Å². The third-order valence-corrected chi connectivity index (χ3v) is 3.64. The third kappa shape index (κ3) is 3.81. The van der Waals surface area contributed by atoms with Gasteiger partial charge in [0.25, 0.3) is 0 Å². The maximum atomic E-state index is 13.9. The average Bonchev–Trinajstić information content (AvgIpc) is 2.90. The summed E-state index contributed by atoms with van der Waals surface area (Å²) in [5, 5.41) is 6.05. The van der Waals surface area contributed by atoms with Gasteiger partial charge < -0.3 is 5.32 Å². The summed E-state index contributed by atoms with van der Waals surface area (Å²) in [4.78, 5) is 4.20. The van der Waals surface area contributed by atoms with Gasteiger partial charge in [-0.05, 0) is 31.2 Å². The minimum Gasteiger partial charge on any atom is -0.309 e.